The van der Waals surface area contributed by atoms with Gasteiger partial charge in [0.25, 0.3) is 5.56 Å². The van der Waals surface area contributed by atoms with E-state index in [4.69, 9.17) is 4.52 Å². The van der Waals surface area contributed by atoms with Crippen LogP contribution in [0.3, 0.4) is 0 Å². The summed E-state index contributed by atoms with van der Waals surface area (Å²) in [7, 11) is -3.19. The van der Waals surface area contributed by atoms with Crippen molar-refractivity contribution in [2.75, 3.05) is 19.3 Å². The number of hydrogen-bond acceptors (Lipinski definition) is 7. The molecular weight excluding hydrogens is 410 g/mol. The van der Waals surface area contributed by atoms with Crippen molar-refractivity contribution in [2.24, 2.45) is 0 Å². The number of aromatic amines is 1. The Balaban J connectivity index is 1.44. The number of hydrogen-bond donors (Lipinski definition) is 1. The molecular formula is C19H21N5O5S. The molecule has 3 fully saturated rings. The first-order valence-corrected chi connectivity index (χ1v) is 11.6. The molecule has 11 heteroatoms. The number of sulfonamides is 1. The molecule has 0 aliphatic carbocycles. The SMILES string of the molecule is CS(=O)(=O)N1CC2CCC1CN2Cc1ccc2onc(-n3ccc(=O)[nH]c3=O)c2c1. The quantitative estimate of drug-likeness (QED) is 0.629. The van der Waals surface area contributed by atoms with Crippen LogP contribution in [-0.2, 0) is 16.6 Å². The Morgan fingerprint density at radius 1 is 1.17 bits per heavy atom. The fourth-order valence-corrected chi connectivity index (χ4v) is 5.70. The third-order valence-corrected chi connectivity index (χ3v) is 7.27. The van der Waals surface area contributed by atoms with Crippen LogP contribution >= 0.6 is 0 Å². The third kappa shape index (κ3) is 3.28. The molecule has 1 aromatic carbocycles. The molecule has 2 unspecified atom stereocenters. The number of benzene rings is 1. The maximum absolute atomic E-state index is 12.1. The van der Waals surface area contributed by atoms with Gasteiger partial charge in [0.05, 0.1) is 11.6 Å². The molecule has 1 N–H and O–H groups in total. The normalized spacial score (nSPS) is 22.7. The number of piperidine rings is 2. The van der Waals surface area contributed by atoms with Gasteiger partial charge in [0, 0.05) is 44.0 Å². The Morgan fingerprint density at radius 3 is 2.67 bits per heavy atom. The maximum Gasteiger partial charge on any atom is 0.334 e. The van der Waals surface area contributed by atoms with Crippen LogP contribution in [0.5, 0.6) is 0 Å². The van der Waals surface area contributed by atoms with Gasteiger partial charge in [0.15, 0.2) is 11.4 Å². The molecule has 30 heavy (non-hydrogen) atoms. The van der Waals surface area contributed by atoms with E-state index in [1.54, 1.807) is 4.31 Å². The lowest BCUT2D eigenvalue weighted by atomic mass is 9.92. The molecule has 5 heterocycles. The first kappa shape index (κ1) is 19.2. The van der Waals surface area contributed by atoms with E-state index in [0.29, 0.717) is 36.4 Å². The molecule has 3 saturated heterocycles. The number of rotatable bonds is 4. The summed E-state index contributed by atoms with van der Waals surface area (Å²) >= 11 is 0. The van der Waals surface area contributed by atoms with E-state index in [1.807, 2.05) is 18.2 Å². The van der Waals surface area contributed by atoms with E-state index in [2.05, 4.69) is 15.0 Å². The predicted molar refractivity (Wildman–Crippen MR) is 109 cm³/mol. The monoisotopic (exact) mass is 431 g/mol. The fraction of sp³-hybridized carbons (Fsp3) is 0.421. The zero-order valence-electron chi connectivity index (χ0n) is 16.3. The van der Waals surface area contributed by atoms with E-state index in [-0.39, 0.29) is 12.1 Å². The lowest BCUT2D eigenvalue weighted by Crippen LogP contribution is -2.63. The van der Waals surface area contributed by atoms with Crippen molar-refractivity contribution < 1.29 is 12.9 Å². The number of piperazine rings is 1. The zero-order chi connectivity index (χ0) is 21.0. The molecule has 3 aliphatic rings. The van der Waals surface area contributed by atoms with Crippen LogP contribution in [0.2, 0.25) is 0 Å². The third-order valence-electron chi connectivity index (χ3n) is 5.97. The van der Waals surface area contributed by atoms with Crippen molar-refractivity contribution in [2.45, 2.75) is 31.5 Å². The standard InChI is InChI=1S/C19H21N5O5S/c1-30(27,28)24-11-13-3-4-14(24)10-22(13)9-12-2-5-16-15(8-12)18(21-29-16)23-7-6-17(25)20-19(23)26/h2,5-8,13-14H,3-4,9-11H2,1H3,(H,20,25,26). The Hall–Kier alpha value is -2.76. The first-order valence-electron chi connectivity index (χ1n) is 9.71. The van der Waals surface area contributed by atoms with E-state index in [1.165, 1.54) is 23.1 Å². The highest BCUT2D eigenvalue weighted by Crippen LogP contribution is 2.32. The highest BCUT2D eigenvalue weighted by Gasteiger charge is 2.42. The smallest absolute Gasteiger partial charge is 0.334 e. The van der Waals surface area contributed by atoms with Crippen LogP contribution in [0.25, 0.3) is 16.8 Å². The summed E-state index contributed by atoms with van der Waals surface area (Å²) in [6.07, 6.45) is 4.51. The molecule has 3 aromatic rings. The molecule has 2 atom stereocenters. The minimum Gasteiger partial charge on any atom is -0.354 e. The number of fused-ring (bicyclic) bond motifs is 4. The summed E-state index contributed by atoms with van der Waals surface area (Å²) in [5.41, 5.74) is 0.489. The van der Waals surface area contributed by atoms with Crippen molar-refractivity contribution in [3.05, 3.63) is 56.9 Å². The van der Waals surface area contributed by atoms with Crippen LogP contribution in [0.4, 0.5) is 0 Å². The molecule has 0 amide bonds. The lowest BCUT2D eigenvalue weighted by molar-refractivity contribution is 0.0184. The number of H-pyrrole nitrogens is 1. The number of aromatic nitrogens is 3. The molecule has 158 valence electrons. The molecule has 2 aromatic heterocycles. The van der Waals surface area contributed by atoms with E-state index < -0.39 is 21.3 Å². The first-order chi connectivity index (χ1) is 14.3. The largest absolute Gasteiger partial charge is 0.354 e. The summed E-state index contributed by atoms with van der Waals surface area (Å²) in [5.74, 6) is 0.316. The van der Waals surface area contributed by atoms with Crippen molar-refractivity contribution in [1.29, 1.82) is 0 Å². The van der Waals surface area contributed by atoms with E-state index in [0.717, 1.165) is 18.4 Å². The van der Waals surface area contributed by atoms with Gasteiger partial charge < -0.3 is 4.52 Å². The van der Waals surface area contributed by atoms with Gasteiger partial charge in [-0.1, -0.05) is 11.2 Å². The van der Waals surface area contributed by atoms with Crippen LogP contribution in [-0.4, -0.2) is 63.8 Å². The van der Waals surface area contributed by atoms with Crippen molar-refractivity contribution in [1.82, 2.24) is 23.9 Å². The Kier molecular flexibility index (Phi) is 4.42. The van der Waals surface area contributed by atoms with Gasteiger partial charge in [-0.05, 0) is 30.5 Å². The molecule has 10 nitrogen and oxygen atoms in total. The van der Waals surface area contributed by atoms with Crippen molar-refractivity contribution >= 4 is 21.0 Å². The van der Waals surface area contributed by atoms with Gasteiger partial charge in [-0.15, -0.1) is 0 Å². The molecule has 0 radical (unpaired) electrons. The highest BCUT2D eigenvalue weighted by atomic mass is 32.2. The van der Waals surface area contributed by atoms with Gasteiger partial charge in [0.1, 0.15) is 0 Å². The molecule has 6 rings (SSSR count). The Bertz CT molecular complexity index is 1340. The molecule has 3 aliphatic heterocycles. The van der Waals surface area contributed by atoms with Gasteiger partial charge >= 0.3 is 5.69 Å². The topological polar surface area (TPSA) is 122 Å². The van der Waals surface area contributed by atoms with Gasteiger partial charge in [-0.2, -0.15) is 4.31 Å². The molecule has 2 bridgehead atoms. The van der Waals surface area contributed by atoms with Crippen LogP contribution < -0.4 is 11.2 Å². The van der Waals surface area contributed by atoms with Crippen LogP contribution in [0.15, 0.2) is 44.6 Å². The summed E-state index contributed by atoms with van der Waals surface area (Å²) in [5, 5.41) is 4.67. The Labute approximate surface area is 171 Å². The molecule has 0 saturated carbocycles. The summed E-state index contributed by atoms with van der Waals surface area (Å²) in [4.78, 5) is 28.0. The summed E-state index contributed by atoms with van der Waals surface area (Å²) in [6.45, 7) is 1.89. The zero-order valence-corrected chi connectivity index (χ0v) is 17.1. The van der Waals surface area contributed by atoms with E-state index >= 15 is 0 Å². The summed E-state index contributed by atoms with van der Waals surface area (Å²) < 4.78 is 32.2. The van der Waals surface area contributed by atoms with Crippen molar-refractivity contribution in [3.8, 4) is 5.82 Å². The Morgan fingerprint density at radius 2 is 1.97 bits per heavy atom. The lowest BCUT2D eigenvalue weighted by Gasteiger charge is -2.50. The van der Waals surface area contributed by atoms with Gasteiger partial charge in [-0.25, -0.2) is 17.8 Å². The minimum atomic E-state index is -3.19. The van der Waals surface area contributed by atoms with Gasteiger partial charge in [0.2, 0.25) is 10.0 Å². The second-order valence-corrected chi connectivity index (χ2v) is 9.90. The minimum absolute atomic E-state index is 0.0135. The number of nitrogens with one attached hydrogen (secondary N) is 1. The maximum atomic E-state index is 12.1. The second-order valence-electron chi connectivity index (χ2n) is 7.96. The average molecular weight is 431 g/mol. The van der Waals surface area contributed by atoms with Crippen LogP contribution in [0.1, 0.15) is 18.4 Å². The number of nitrogens with zero attached hydrogens (tertiary/aromatic N) is 4. The fourth-order valence-electron chi connectivity index (χ4n) is 4.54. The van der Waals surface area contributed by atoms with Crippen LogP contribution in [0, 0.1) is 0 Å². The second kappa shape index (κ2) is 6.89. The van der Waals surface area contributed by atoms with Crippen molar-refractivity contribution in [3.63, 3.8) is 0 Å². The molecule has 0 spiro atoms. The summed E-state index contributed by atoms with van der Waals surface area (Å²) in [6, 6.07) is 7.13. The van der Waals surface area contributed by atoms with E-state index in [9.17, 15) is 18.0 Å². The highest BCUT2D eigenvalue weighted by molar-refractivity contribution is 7.88. The van der Waals surface area contributed by atoms with Gasteiger partial charge in [-0.3, -0.25) is 14.7 Å². The predicted octanol–water partition coefficient (Wildman–Crippen LogP) is 0.275. The average Bonchev–Trinajstić information content (AvgIpc) is 3.11.